The Morgan fingerprint density at radius 1 is 1.42 bits per heavy atom. The quantitative estimate of drug-likeness (QED) is 0.545. The molecule has 1 unspecified atom stereocenters. The summed E-state index contributed by atoms with van der Waals surface area (Å²) >= 11 is 0. The molecule has 0 aromatic rings. The lowest BCUT2D eigenvalue weighted by molar-refractivity contribution is 0.142. The van der Waals surface area contributed by atoms with Crippen LogP contribution >= 0.6 is 0 Å². The molecule has 0 fully saturated rings. The van der Waals surface area contributed by atoms with Crippen LogP contribution in [0.1, 0.15) is 20.3 Å². The smallest absolute Gasteiger partial charge is 0.0638 e. The van der Waals surface area contributed by atoms with E-state index in [-0.39, 0.29) is 6.10 Å². The van der Waals surface area contributed by atoms with Gasteiger partial charge in [-0.25, -0.2) is 0 Å². The van der Waals surface area contributed by atoms with Crippen LogP contribution in [0.15, 0.2) is 0 Å². The third kappa shape index (κ3) is 7.98. The number of likely N-dealkylation sites (N-methyl/N-ethyl adjacent to an activating group) is 1. The Bertz CT molecular complexity index is 96.5. The van der Waals surface area contributed by atoms with Crippen molar-refractivity contribution in [3.05, 3.63) is 0 Å². The van der Waals surface area contributed by atoms with E-state index in [2.05, 4.69) is 17.1 Å². The lowest BCUT2D eigenvalue weighted by Crippen LogP contribution is -2.33. The molecule has 2 N–H and O–H groups in total. The Morgan fingerprint density at radius 3 is 2.58 bits per heavy atom. The molecule has 0 spiro atoms. The number of aliphatic hydroxyl groups is 1. The summed E-state index contributed by atoms with van der Waals surface area (Å²) in [6, 6.07) is 0. The summed E-state index contributed by atoms with van der Waals surface area (Å²) in [5.41, 5.74) is 0. The van der Waals surface area contributed by atoms with Crippen LogP contribution in [0, 0.1) is 0 Å². The monoisotopic (exact) mass is 174 g/mol. The minimum absolute atomic E-state index is 0.221. The second-order valence-electron chi connectivity index (χ2n) is 3.36. The molecule has 0 heterocycles. The predicted octanol–water partition coefficient (Wildman–Crippen LogP) is 0.299. The van der Waals surface area contributed by atoms with E-state index in [0.29, 0.717) is 0 Å². The molecule has 3 nitrogen and oxygen atoms in total. The average Bonchev–Trinajstić information content (AvgIpc) is 1.97. The molecule has 1 atom stereocenters. The van der Waals surface area contributed by atoms with Crippen LogP contribution in [0.2, 0.25) is 0 Å². The maximum Gasteiger partial charge on any atom is 0.0638 e. The molecule has 0 aromatic heterocycles. The molecule has 0 radical (unpaired) electrons. The first kappa shape index (κ1) is 11.9. The topological polar surface area (TPSA) is 35.5 Å². The summed E-state index contributed by atoms with van der Waals surface area (Å²) in [5.74, 6) is 0. The van der Waals surface area contributed by atoms with Gasteiger partial charge >= 0.3 is 0 Å². The van der Waals surface area contributed by atoms with E-state index in [1.807, 2.05) is 14.0 Å². The SMILES string of the molecule is CCCNCCN(C)CC(C)O. The normalized spacial score (nSPS) is 13.8. The van der Waals surface area contributed by atoms with Gasteiger partial charge in [-0.3, -0.25) is 0 Å². The Morgan fingerprint density at radius 2 is 2.08 bits per heavy atom. The van der Waals surface area contributed by atoms with Gasteiger partial charge in [-0.1, -0.05) is 6.92 Å². The first-order valence-corrected chi connectivity index (χ1v) is 4.74. The van der Waals surface area contributed by atoms with Crippen LogP contribution in [0.3, 0.4) is 0 Å². The van der Waals surface area contributed by atoms with Gasteiger partial charge in [0.2, 0.25) is 0 Å². The number of nitrogens with one attached hydrogen (secondary N) is 1. The van der Waals surface area contributed by atoms with Crippen molar-refractivity contribution in [1.29, 1.82) is 0 Å². The molecule has 12 heavy (non-hydrogen) atoms. The highest BCUT2D eigenvalue weighted by atomic mass is 16.3. The molecule has 0 amide bonds. The van der Waals surface area contributed by atoms with E-state index in [9.17, 15) is 0 Å². The van der Waals surface area contributed by atoms with Gasteiger partial charge in [-0.2, -0.15) is 0 Å². The second-order valence-corrected chi connectivity index (χ2v) is 3.36. The van der Waals surface area contributed by atoms with Crippen molar-refractivity contribution in [2.75, 3.05) is 33.2 Å². The molecular formula is C9H22N2O. The first-order valence-electron chi connectivity index (χ1n) is 4.74. The Hall–Kier alpha value is -0.120. The predicted molar refractivity (Wildman–Crippen MR) is 52.3 cm³/mol. The van der Waals surface area contributed by atoms with Crippen molar-refractivity contribution < 1.29 is 5.11 Å². The number of rotatable bonds is 7. The molecule has 0 aliphatic heterocycles. The summed E-state index contributed by atoms with van der Waals surface area (Å²) in [5, 5.41) is 12.4. The largest absolute Gasteiger partial charge is 0.392 e. The molecule has 3 heteroatoms. The van der Waals surface area contributed by atoms with Crippen molar-refractivity contribution >= 4 is 0 Å². The zero-order valence-corrected chi connectivity index (χ0v) is 8.51. The van der Waals surface area contributed by atoms with Crippen molar-refractivity contribution in [3.8, 4) is 0 Å². The molecule has 0 aliphatic rings. The first-order chi connectivity index (χ1) is 5.66. The lowest BCUT2D eigenvalue weighted by atomic mass is 10.3. The Balaban J connectivity index is 3.14. The fourth-order valence-electron chi connectivity index (χ4n) is 1.11. The van der Waals surface area contributed by atoms with Gasteiger partial charge < -0.3 is 15.3 Å². The Kier molecular flexibility index (Phi) is 7.45. The van der Waals surface area contributed by atoms with Gasteiger partial charge in [0, 0.05) is 19.6 Å². The van der Waals surface area contributed by atoms with Crippen LogP contribution in [-0.4, -0.2) is 49.3 Å². The van der Waals surface area contributed by atoms with Crippen molar-refractivity contribution in [2.45, 2.75) is 26.4 Å². The molecule has 0 aromatic carbocycles. The van der Waals surface area contributed by atoms with Crippen molar-refractivity contribution in [1.82, 2.24) is 10.2 Å². The van der Waals surface area contributed by atoms with Gasteiger partial charge in [0.25, 0.3) is 0 Å². The highest BCUT2D eigenvalue weighted by Gasteiger charge is 2.00. The fraction of sp³-hybridized carbons (Fsp3) is 1.00. The standard InChI is InChI=1S/C9H22N2O/c1-4-5-10-6-7-11(3)8-9(2)12/h9-10,12H,4-8H2,1-3H3. The lowest BCUT2D eigenvalue weighted by Gasteiger charge is -2.18. The zero-order chi connectivity index (χ0) is 9.40. The number of nitrogens with zero attached hydrogens (tertiary/aromatic N) is 1. The van der Waals surface area contributed by atoms with E-state index < -0.39 is 0 Å². The maximum atomic E-state index is 9.06. The summed E-state index contributed by atoms with van der Waals surface area (Å²) in [7, 11) is 2.03. The zero-order valence-electron chi connectivity index (χ0n) is 8.51. The van der Waals surface area contributed by atoms with E-state index in [1.54, 1.807) is 0 Å². The second kappa shape index (κ2) is 7.53. The van der Waals surface area contributed by atoms with Crippen LogP contribution in [0.4, 0.5) is 0 Å². The summed E-state index contributed by atoms with van der Waals surface area (Å²) < 4.78 is 0. The molecule has 0 saturated heterocycles. The molecule has 0 aliphatic carbocycles. The average molecular weight is 174 g/mol. The highest BCUT2D eigenvalue weighted by Crippen LogP contribution is 1.86. The summed E-state index contributed by atoms with van der Waals surface area (Å²) in [4.78, 5) is 2.13. The van der Waals surface area contributed by atoms with E-state index >= 15 is 0 Å². The Labute approximate surface area is 75.8 Å². The van der Waals surface area contributed by atoms with Crippen molar-refractivity contribution in [2.24, 2.45) is 0 Å². The third-order valence-corrected chi connectivity index (χ3v) is 1.67. The van der Waals surface area contributed by atoms with E-state index in [4.69, 9.17) is 5.11 Å². The molecular weight excluding hydrogens is 152 g/mol. The van der Waals surface area contributed by atoms with Crippen LogP contribution in [0.25, 0.3) is 0 Å². The molecule has 0 saturated carbocycles. The maximum absolute atomic E-state index is 9.06. The highest BCUT2D eigenvalue weighted by molar-refractivity contribution is 4.57. The van der Waals surface area contributed by atoms with Gasteiger partial charge in [0.05, 0.1) is 6.10 Å². The summed E-state index contributed by atoms with van der Waals surface area (Å²) in [6.07, 6.45) is 0.960. The number of hydrogen-bond donors (Lipinski definition) is 2. The van der Waals surface area contributed by atoms with E-state index in [0.717, 1.165) is 26.2 Å². The van der Waals surface area contributed by atoms with Crippen LogP contribution in [0.5, 0.6) is 0 Å². The van der Waals surface area contributed by atoms with E-state index in [1.165, 1.54) is 6.42 Å². The van der Waals surface area contributed by atoms with Gasteiger partial charge in [-0.05, 0) is 26.9 Å². The third-order valence-electron chi connectivity index (χ3n) is 1.67. The van der Waals surface area contributed by atoms with Crippen LogP contribution in [-0.2, 0) is 0 Å². The number of aliphatic hydroxyl groups excluding tert-OH is 1. The summed E-state index contributed by atoms with van der Waals surface area (Å²) in [6.45, 7) is 7.83. The molecule has 74 valence electrons. The number of hydrogen-bond acceptors (Lipinski definition) is 3. The van der Waals surface area contributed by atoms with Gasteiger partial charge in [-0.15, -0.1) is 0 Å². The van der Waals surface area contributed by atoms with Gasteiger partial charge in [0.1, 0.15) is 0 Å². The molecule has 0 rings (SSSR count). The fourth-order valence-corrected chi connectivity index (χ4v) is 1.11. The minimum Gasteiger partial charge on any atom is -0.392 e. The van der Waals surface area contributed by atoms with Crippen LogP contribution < -0.4 is 5.32 Å². The minimum atomic E-state index is -0.221. The van der Waals surface area contributed by atoms with Crippen molar-refractivity contribution in [3.63, 3.8) is 0 Å². The molecule has 0 bridgehead atoms. The van der Waals surface area contributed by atoms with Gasteiger partial charge in [0.15, 0.2) is 0 Å².